The molecule has 0 saturated carbocycles. The molecule has 0 aliphatic carbocycles. The van der Waals surface area contributed by atoms with Gasteiger partial charge < -0.3 is 14.4 Å². The summed E-state index contributed by atoms with van der Waals surface area (Å²) in [5.74, 6) is -0.496. The van der Waals surface area contributed by atoms with Gasteiger partial charge >= 0.3 is 6.09 Å². The van der Waals surface area contributed by atoms with Crippen molar-refractivity contribution in [2.45, 2.75) is 49.3 Å². The largest absolute Gasteiger partial charge is 0.444 e. The molecule has 0 spiro atoms. The van der Waals surface area contributed by atoms with Gasteiger partial charge in [-0.1, -0.05) is 34.8 Å². The maximum atomic E-state index is 11.7. The van der Waals surface area contributed by atoms with Gasteiger partial charge in [-0.15, -0.1) is 0 Å². The van der Waals surface area contributed by atoms with Crippen LogP contribution in [0.4, 0.5) is 4.79 Å². The average molecular weight is 347 g/mol. The zero-order valence-corrected chi connectivity index (χ0v) is 14.1. The Bertz CT molecular complexity index is 389. The van der Waals surface area contributed by atoms with Crippen molar-refractivity contribution in [3.63, 3.8) is 0 Å². The Kier molecular flexibility index (Phi) is 5.58. The highest BCUT2D eigenvalue weighted by atomic mass is 35.5. The smallest absolute Gasteiger partial charge is 0.410 e. The van der Waals surface area contributed by atoms with E-state index in [4.69, 9.17) is 44.3 Å². The second-order valence-electron chi connectivity index (χ2n) is 5.64. The Hall–Kier alpha value is -0.230. The molecular weight excluding hydrogens is 328 g/mol. The molecule has 1 rings (SSSR count). The number of hydrogen-bond donors (Lipinski definition) is 0. The lowest BCUT2D eigenvalue weighted by Gasteiger charge is -2.41. The highest BCUT2D eigenvalue weighted by Crippen LogP contribution is 2.33. The van der Waals surface area contributed by atoms with Crippen LogP contribution in [0.3, 0.4) is 0 Å². The first-order valence-electron chi connectivity index (χ1n) is 6.10. The number of halogens is 3. The molecule has 1 amide bonds. The normalized spacial score (nSPS) is 18.4. The van der Waals surface area contributed by atoms with Crippen LogP contribution in [-0.4, -0.2) is 51.5 Å². The van der Waals surface area contributed by atoms with Gasteiger partial charge in [0.1, 0.15) is 5.60 Å². The molecule has 1 heterocycles. The van der Waals surface area contributed by atoms with Crippen LogP contribution in [-0.2, 0) is 14.3 Å². The molecule has 116 valence electrons. The summed E-state index contributed by atoms with van der Waals surface area (Å²) < 4.78 is 8.75. The predicted molar refractivity (Wildman–Crippen MR) is 77.4 cm³/mol. The topological polar surface area (TPSA) is 55.8 Å². The van der Waals surface area contributed by atoms with Crippen LogP contribution >= 0.6 is 34.8 Å². The fourth-order valence-corrected chi connectivity index (χ4v) is 1.82. The number of carbonyl (C=O) groups excluding carboxylic acids is 2. The van der Waals surface area contributed by atoms with Crippen LogP contribution in [0.2, 0.25) is 0 Å². The highest BCUT2D eigenvalue weighted by molar-refractivity contribution is 6.61. The summed E-state index contributed by atoms with van der Waals surface area (Å²) in [6.45, 7) is 7.23. The number of Topliss-reactive ketones (excluding diaryl/α,β-unsaturated/α-hetero) is 1. The molecule has 0 N–H and O–H groups in total. The SMILES string of the molecule is CC(=O)C(Cl)(Cl)C(Cl)OC1CN(C(=O)OC(C)(C)C)C1. The molecule has 0 bridgehead atoms. The minimum absolute atomic E-state index is 0.318. The molecule has 20 heavy (non-hydrogen) atoms. The zero-order valence-electron chi connectivity index (χ0n) is 11.8. The number of likely N-dealkylation sites (tertiary alicyclic amines) is 1. The summed E-state index contributed by atoms with van der Waals surface area (Å²) in [6, 6.07) is 0. The van der Waals surface area contributed by atoms with Gasteiger partial charge in [-0.2, -0.15) is 0 Å². The second kappa shape index (κ2) is 6.26. The third kappa shape index (κ3) is 4.65. The molecule has 1 unspecified atom stereocenters. The van der Waals surface area contributed by atoms with Crippen molar-refractivity contribution < 1.29 is 19.1 Å². The molecule has 0 aromatic rings. The molecule has 8 heteroatoms. The van der Waals surface area contributed by atoms with Crippen molar-refractivity contribution in [2.75, 3.05) is 13.1 Å². The summed E-state index contributed by atoms with van der Waals surface area (Å²) >= 11 is 17.4. The Morgan fingerprint density at radius 2 is 1.75 bits per heavy atom. The lowest BCUT2D eigenvalue weighted by Crippen LogP contribution is -2.57. The number of ether oxygens (including phenoxy) is 2. The van der Waals surface area contributed by atoms with Crippen LogP contribution in [0.5, 0.6) is 0 Å². The maximum Gasteiger partial charge on any atom is 0.410 e. The van der Waals surface area contributed by atoms with Crippen LogP contribution in [0.1, 0.15) is 27.7 Å². The van der Waals surface area contributed by atoms with E-state index in [2.05, 4.69) is 0 Å². The van der Waals surface area contributed by atoms with E-state index in [-0.39, 0.29) is 6.10 Å². The van der Waals surface area contributed by atoms with Gasteiger partial charge in [-0.25, -0.2) is 4.79 Å². The highest BCUT2D eigenvalue weighted by Gasteiger charge is 2.44. The average Bonchev–Trinajstić information content (AvgIpc) is 2.18. The first kappa shape index (κ1) is 17.8. The summed E-state index contributed by atoms with van der Waals surface area (Å²) in [5, 5.41) is 0. The third-order valence-electron chi connectivity index (χ3n) is 2.57. The van der Waals surface area contributed by atoms with Crippen LogP contribution in [0.25, 0.3) is 0 Å². The number of amides is 1. The zero-order chi connectivity index (χ0) is 15.7. The number of nitrogens with zero attached hydrogens (tertiary/aromatic N) is 1. The van der Waals surface area contributed by atoms with Crippen molar-refractivity contribution >= 4 is 46.7 Å². The molecule has 0 radical (unpaired) electrons. The van der Waals surface area contributed by atoms with E-state index in [1.807, 2.05) is 0 Å². The fraction of sp³-hybridized carbons (Fsp3) is 0.833. The first-order valence-corrected chi connectivity index (χ1v) is 7.29. The second-order valence-corrected chi connectivity index (χ2v) is 7.42. The van der Waals surface area contributed by atoms with E-state index in [1.54, 1.807) is 20.8 Å². The Morgan fingerprint density at radius 3 is 2.15 bits per heavy atom. The van der Waals surface area contributed by atoms with Gasteiger partial charge in [-0.05, 0) is 27.7 Å². The summed E-state index contributed by atoms with van der Waals surface area (Å²) in [5.41, 5.74) is -1.72. The van der Waals surface area contributed by atoms with Crippen molar-refractivity contribution in [1.29, 1.82) is 0 Å². The van der Waals surface area contributed by atoms with Crippen molar-refractivity contribution in [1.82, 2.24) is 4.90 Å². The van der Waals surface area contributed by atoms with Crippen molar-refractivity contribution in [3.8, 4) is 0 Å². The number of alkyl halides is 3. The molecule has 0 aromatic heterocycles. The Labute approximate surface area is 133 Å². The van der Waals surface area contributed by atoms with Crippen LogP contribution < -0.4 is 0 Å². The van der Waals surface area contributed by atoms with E-state index >= 15 is 0 Å². The van der Waals surface area contributed by atoms with Gasteiger partial charge in [-0.3, -0.25) is 4.79 Å². The molecule has 1 aliphatic rings. The van der Waals surface area contributed by atoms with Crippen molar-refractivity contribution in [3.05, 3.63) is 0 Å². The van der Waals surface area contributed by atoms with Gasteiger partial charge in [0.25, 0.3) is 0 Å². The van der Waals surface area contributed by atoms with E-state index in [0.29, 0.717) is 13.1 Å². The van der Waals surface area contributed by atoms with Crippen LogP contribution in [0, 0.1) is 0 Å². The molecule has 0 aromatic carbocycles. The molecular formula is C12H18Cl3NO4. The number of hydrogen-bond acceptors (Lipinski definition) is 4. The standard InChI is InChI=1S/C12H18Cl3NO4/c1-7(17)12(14,15)9(13)19-8-5-16(6-8)10(18)20-11(2,3)4/h8-9H,5-6H2,1-4H3. The van der Waals surface area contributed by atoms with Gasteiger partial charge in [0.05, 0.1) is 19.2 Å². The molecule has 1 saturated heterocycles. The lowest BCUT2D eigenvalue weighted by atomic mass is 10.1. The fourth-order valence-electron chi connectivity index (χ4n) is 1.41. The number of carbonyl (C=O) groups is 2. The van der Waals surface area contributed by atoms with Crippen molar-refractivity contribution in [2.24, 2.45) is 0 Å². The number of rotatable bonds is 4. The first-order chi connectivity index (χ1) is 8.93. The number of ketones is 1. The van der Waals surface area contributed by atoms with E-state index < -0.39 is 27.4 Å². The van der Waals surface area contributed by atoms with E-state index in [0.717, 1.165) is 0 Å². The van der Waals surface area contributed by atoms with E-state index in [9.17, 15) is 9.59 Å². The minimum Gasteiger partial charge on any atom is -0.444 e. The molecule has 1 aliphatic heterocycles. The minimum atomic E-state index is -1.80. The lowest BCUT2D eigenvalue weighted by molar-refractivity contribution is -0.122. The Balaban J connectivity index is 2.39. The molecule has 5 nitrogen and oxygen atoms in total. The quantitative estimate of drug-likeness (QED) is 0.734. The molecule has 1 atom stereocenters. The van der Waals surface area contributed by atoms with Gasteiger partial charge in [0.15, 0.2) is 11.3 Å². The third-order valence-corrected chi connectivity index (χ3v) is 4.15. The maximum absolute atomic E-state index is 11.7. The molecule has 1 fully saturated rings. The van der Waals surface area contributed by atoms with Gasteiger partial charge in [0.2, 0.25) is 4.33 Å². The summed E-state index contributed by atoms with van der Waals surface area (Å²) in [6.07, 6.45) is -0.737. The monoisotopic (exact) mass is 345 g/mol. The predicted octanol–water partition coefficient (Wildman–Crippen LogP) is 2.95. The Morgan fingerprint density at radius 1 is 1.25 bits per heavy atom. The van der Waals surface area contributed by atoms with Crippen LogP contribution in [0.15, 0.2) is 0 Å². The summed E-state index contributed by atoms with van der Waals surface area (Å²) in [7, 11) is 0. The van der Waals surface area contributed by atoms with E-state index in [1.165, 1.54) is 11.8 Å². The summed E-state index contributed by atoms with van der Waals surface area (Å²) in [4.78, 5) is 24.4. The van der Waals surface area contributed by atoms with Gasteiger partial charge in [0, 0.05) is 0 Å².